The van der Waals surface area contributed by atoms with Crippen molar-refractivity contribution in [2.24, 2.45) is 5.92 Å². The fraction of sp³-hybridized carbons (Fsp3) is 0.500. The van der Waals surface area contributed by atoms with Gasteiger partial charge in [-0.2, -0.15) is 0 Å². The van der Waals surface area contributed by atoms with Gasteiger partial charge in [0.1, 0.15) is 0 Å². The minimum atomic E-state index is -0.170. The molecule has 0 saturated carbocycles. The maximum Gasteiger partial charge on any atom is 0.251 e. The van der Waals surface area contributed by atoms with Crippen LogP contribution in [0.25, 0.3) is 0 Å². The normalized spacial score (nSPS) is 15.5. The number of amides is 1. The Hall–Kier alpha value is -1.75. The first-order valence-electron chi connectivity index (χ1n) is 6.49. The van der Waals surface area contributed by atoms with E-state index in [1.54, 1.807) is 18.2 Å². The monoisotopic (exact) mass is 265 g/mol. The fourth-order valence-electron chi connectivity index (χ4n) is 1.74. The zero-order chi connectivity index (χ0) is 13.7. The molecule has 2 rings (SSSR count). The lowest BCUT2D eigenvalue weighted by molar-refractivity contribution is 0.0942. The van der Waals surface area contributed by atoms with Gasteiger partial charge in [0.05, 0.1) is 13.2 Å². The quantitative estimate of drug-likeness (QED) is 0.858. The van der Waals surface area contributed by atoms with Crippen LogP contribution in [0.15, 0.2) is 18.2 Å². The smallest absolute Gasteiger partial charge is 0.251 e. The molecule has 1 aliphatic heterocycles. The molecule has 0 spiro atoms. The van der Waals surface area contributed by atoms with Crippen molar-refractivity contribution >= 4 is 5.91 Å². The molecule has 5 heteroatoms. The van der Waals surface area contributed by atoms with Crippen LogP contribution in [-0.4, -0.2) is 37.4 Å². The minimum absolute atomic E-state index is 0.0457. The van der Waals surface area contributed by atoms with Gasteiger partial charge in [-0.1, -0.05) is 6.92 Å². The van der Waals surface area contributed by atoms with Crippen LogP contribution < -0.4 is 14.8 Å². The van der Waals surface area contributed by atoms with Crippen molar-refractivity contribution in [1.29, 1.82) is 0 Å². The van der Waals surface area contributed by atoms with E-state index < -0.39 is 0 Å². The molecular weight excluding hydrogens is 246 g/mol. The predicted octanol–water partition coefficient (Wildman–Crippen LogP) is 1.21. The minimum Gasteiger partial charge on any atom is -0.490 e. The summed E-state index contributed by atoms with van der Waals surface area (Å²) in [5, 5.41) is 11.7. The van der Waals surface area contributed by atoms with Crippen LogP contribution in [0, 0.1) is 5.92 Å². The van der Waals surface area contributed by atoms with Crippen LogP contribution >= 0.6 is 0 Å². The molecule has 0 aliphatic carbocycles. The Balaban J connectivity index is 2.04. The number of fused-ring (bicyclic) bond motifs is 1. The summed E-state index contributed by atoms with van der Waals surface area (Å²) in [5.74, 6) is 1.17. The number of benzene rings is 1. The van der Waals surface area contributed by atoms with E-state index in [0.29, 0.717) is 36.8 Å². The molecule has 0 radical (unpaired) electrons. The SMILES string of the molecule is CC(CO)CNC(=O)c1ccc2c(c1)OCCCO2. The third-order valence-electron chi connectivity index (χ3n) is 2.93. The average molecular weight is 265 g/mol. The van der Waals surface area contributed by atoms with Crippen molar-refractivity contribution in [2.45, 2.75) is 13.3 Å². The lowest BCUT2D eigenvalue weighted by Crippen LogP contribution is -2.29. The fourth-order valence-corrected chi connectivity index (χ4v) is 1.74. The molecule has 1 aromatic rings. The second kappa shape index (κ2) is 6.43. The second-order valence-corrected chi connectivity index (χ2v) is 4.71. The summed E-state index contributed by atoms with van der Waals surface area (Å²) in [5.41, 5.74) is 0.536. The van der Waals surface area contributed by atoms with Crippen LogP contribution in [0.4, 0.5) is 0 Å². The van der Waals surface area contributed by atoms with Gasteiger partial charge < -0.3 is 19.9 Å². The lowest BCUT2D eigenvalue weighted by Gasteiger charge is -2.11. The maximum atomic E-state index is 11.9. The van der Waals surface area contributed by atoms with Crippen LogP contribution in [0.1, 0.15) is 23.7 Å². The Bertz CT molecular complexity index is 447. The summed E-state index contributed by atoms with van der Waals surface area (Å²) in [4.78, 5) is 11.9. The molecule has 0 aromatic heterocycles. The van der Waals surface area contributed by atoms with E-state index in [4.69, 9.17) is 14.6 Å². The van der Waals surface area contributed by atoms with Crippen LogP contribution in [-0.2, 0) is 0 Å². The van der Waals surface area contributed by atoms with Gasteiger partial charge in [-0.3, -0.25) is 4.79 Å². The summed E-state index contributed by atoms with van der Waals surface area (Å²) in [6.45, 7) is 3.60. The van der Waals surface area contributed by atoms with E-state index >= 15 is 0 Å². The van der Waals surface area contributed by atoms with Gasteiger partial charge in [0, 0.05) is 25.1 Å². The molecule has 0 bridgehead atoms. The van der Waals surface area contributed by atoms with Crippen LogP contribution in [0.5, 0.6) is 11.5 Å². The lowest BCUT2D eigenvalue weighted by atomic mass is 10.1. The number of hydrogen-bond acceptors (Lipinski definition) is 4. The first-order valence-corrected chi connectivity index (χ1v) is 6.49. The Morgan fingerprint density at radius 2 is 2.11 bits per heavy atom. The van der Waals surface area contributed by atoms with Gasteiger partial charge in [0.25, 0.3) is 5.91 Å². The van der Waals surface area contributed by atoms with Gasteiger partial charge in [-0.25, -0.2) is 0 Å². The topological polar surface area (TPSA) is 67.8 Å². The summed E-state index contributed by atoms with van der Waals surface area (Å²) in [6, 6.07) is 5.16. The summed E-state index contributed by atoms with van der Waals surface area (Å²) in [6.07, 6.45) is 0.838. The number of nitrogens with one attached hydrogen (secondary N) is 1. The molecule has 1 aliphatic rings. The third kappa shape index (κ3) is 3.61. The van der Waals surface area contributed by atoms with Crippen molar-refractivity contribution in [3.63, 3.8) is 0 Å². The summed E-state index contributed by atoms with van der Waals surface area (Å²) >= 11 is 0. The van der Waals surface area contributed by atoms with Crippen molar-refractivity contribution < 1.29 is 19.4 Å². The highest BCUT2D eigenvalue weighted by atomic mass is 16.5. The van der Waals surface area contributed by atoms with E-state index in [1.165, 1.54) is 0 Å². The number of carbonyl (C=O) groups excluding carboxylic acids is 1. The maximum absolute atomic E-state index is 11.9. The molecule has 5 nitrogen and oxygen atoms in total. The van der Waals surface area contributed by atoms with Gasteiger partial charge in [0.15, 0.2) is 11.5 Å². The average Bonchev–Trinajstić information content (AvgIpc) is 2.68. The highest BCUT2D eigenvalue weighted by molar-refractivity contribution is 5.94. The first-order chi connectivity index (χ1) is 9.20. The number of carbonyl (C=O) groups is 1. The van der Waals surface area contributed by atoms with E-state index in [0.717, 1.165) is 6.42 Å². The number of aliphatic hydroxyl groups is 1. The Morgan fingerprint density at radius 3 is 2.84 bits per heavy atom. The van der Waals surface area contributed by atoms with Crippen LogP contribution in [0.2, 0.25) is 0 Å². The first kappa shape index (κ1) is 13.7. The van der Waals surface area contributed by atoms with Crippen molar-refractivity contribution in [2.75, 3.05) is 26.4 Å². The Kier molecular flexibility index (Phi) is 4.63. The van der Waals surface area contributed by atoms with Crippen LogP contribution in [0.3, 0.4) is 0 Å². The molecule has 0 fully saturated rings. The molecule has 104 valence electrons. The molecule has 1 amide bonds. The number of rotatable bonds is 4. The zero-order valence-corrected chi connectivity index (χ0v) is 11.0. The Morgan fingerprint density at radius 1 is 1.37 bits per heavy atom. The molecule has 0 saturated heterocycles. The second-order valence-electron chi connectivity index (χ2n) is 4.71. The number of ether oxygens (including phenoxy) is 2. The Labute approximate surface area is 112 Å². The summed E-state index contributed by atoms with van der Waals surface area (Å²) < 4.78 is 11.1. The van der Waals surface area contributed by atoms with E-state index in [2.05, 4.69) is 5.32 Å². The molecule has 1 heterocycles. The van der Waals surface area contributed by atoms with Crippen molar-refractivity contribution in [1.82, 2.24) is 5.32 Å². The predicted molar refractivity (Wildman–Crippen MR) is 70.6 cm³/mol. The third-order valence-corrected chi connectivity index (χ3v) is 2.93. The van der Waals surface area contributed by atoms with Gasteiger partial charge in [-0.15, -0.1) is 0 Å². The molecule has 2 N–H and O–H groups in total. The number of hydrogen-bond donors (Lipinski definition) is 2. The molecule has 1 unspecified atom stereocenters. The molecule has 19 heavy (non-hydrogen) atoms. The van der Waals surface area contributed by atoms with Gasteiger partial charge in [0.2, 0.25) is 0 Å². The largest absolute Gasteiger partial charge is 0.490 e. The standard InChI is InChI=1S/C14H19NO4/c1-10(9-16)8-15-14(17)11-3-4-12-13(7-11)19-6-2-5-18-12/h3-4,7,10,16H,2,5-6,8-9H2,1H3,(H,15,17). The molecule has 1 aromatic carbocycles. The van der Waals surface area contributed by atoms with Gasteiger partial charge >= 0.3 is 0 Å². The van der Waals surface area contributed by atoms with Crippen molar-refractivity contribution in [3.8, 4) is 11.5 Å². The van der Waals surface area contributed by atoms with Gasteiger partial charge in [-0.05, 0) is 24.1 Å². The number of aliphatic hydroxyl groups excluding tert-OH is 1. The molecular formula is C14H19NO4. The van der Waals surface area contributed by atoms with E-state index in [9.17, 15) is 4.79 Å². The highest BCUT2D eigenvalue weighted by Crippen LogP contribution is 2.30. The molecule has 1 atom stereocenters. The summed E-state index contributed by atoms with van der Waals surface area (Å²) in [7, 11) is 0. The van der Waals surface area contributed by atoms with Crippen molar-refractivity contribution in [3.05, 3.63) is 23.8 Å². The van der Waals surface area contributed by atoms with E-state index in [1.807, 2.05) is 6.92 Å². The highest BCUT2D eigenvalue weighted by Gasteiger charge is 2.14. The van der Waals surface area contributed by atoms with E-state index in [-0.39, 0.29) is 18.4 Å². The zero-order valence-electron chi connectivity index (χ0n) is 11.0.